The standard InChI is InChI=1S/C25H26Cl2N4S/c1-15-14-18(16(2)30(15)21-12-7-10-19(26)22(21)27)24-23(20-11-5-6-13-28-20)29-25(32)31(24)17-8-3-4-9-17/h5-7,10-14,17,23-24H,3-4,8-9H2,1-2H3,(H,29,32)/t23-,24+/m1/s1. The summed E-state index contributed by atoms with van der Waals surface area (Å²) in [6.45, 7) is 4.27. The topological polar surface area (TPSA) is 33.1 Å². The van der Waals surface area contributed by atoms with Crippen molar-refractivity contribution in [3.05, 3.63) is 81.4 Å². The molecular formula is C25H26Cl2N4S. The average molecular weight is 485 g/mol. The Morgan fingerprint density at radius 1 is 1.06 bits per heavy atom. The monoisotopic (exact) mass is 484 g/mol. The van der Waals surface area contributed by atoms with Crippen LogP contribution in [0.4, 0.5) is 0 Å². The molecule has 0 amide bonds. The molecule has 2 atom stereocenters. The number of aromatic nitrogens is 2. The van der Waals surface area contributed by atoms with Crippen LogP contribution in [0.1, 0.15) is 60.4 Å². The number of halogens is 2. The number of rotatable bonds is 4. The van der Waals surface area contributed by atoms with Gasteiger partial charge in [-0.15, -0.1) is 0 Å². The molecule has 1 N–H and O–H groups in total. The minimum absolute atomic E-state index is 0.00640. The van der Waals surface area contributed by atoms with Crippen molar-refractivity contribution in [1.29, 1.82) is 0 Å². The summed E-state index contributed by atoms with van der Waals surface area (Å²) in [6.07, 6.45) is 6.70. The summed E-state index contributed by atoms with van der Waals surface area (Å²) in [5.41, 5.74) is 5.41. The van der Waals surface area contributed by atoms with Crippen LogP contribution in [0.15, 0.2) is 48.7 Å². The molecule has 1 saturated carbocycles. The van der Waals surface area contributed by atoms with E-state index in [-0.39, 0.29) is 12.1 Å². The van der Waals surface area contributed by atoms with Gasteiger partial charge in [-0.1, -0.05) is 48.2 Å². The quantitative estimate of drug-likeness (QED) is 0.417. The molecule has 7 heteroatoms. The second-order valence-corrected chi connectivity index (χ2v) is 9.88. The summed E-state index contributed by atoms with van der Waals surface area (Å²) in [6, 6.07) is 14.6. The molecule has 32 heavy (non-hydrogen) atoms. The van der Waals surface area contributed by atoms with Gasteiger partial charge in [-0.2, -0.15) is 0 Å². The lowest BCUT2D eigenvalue weighted by molar-refractivity contribution is 0.245. The highest BCUT2D eigenvalue weighted by Crippen LogP contribution is 2.45. The fourth-order valence-electron chi connectivity index (χ4n) is 5.40. The maximum absolute atomic E-state index is 6.61. The number of thiocarbonyl (C=S) groups is 1. The summed E-state index contributed by atoms with van der Waals surface area (Å²) in [4.78, 5) is 7.12. The Labute approximate surface area is 204 Å². The first kappa shape index (κ1) is 21.7. The summed E-state index contributed by atoms with van der Waals surface area (Å²) in [5.74, 6) is 0. The summed E-state index contributed by atoms with van der Waals surface area (Å²) < 4.78 is 2.20. The van der Waals surface area contributed by atoms with Crippen molar-refractivity contribution in [3.63, 3.8) is 0 Å². The lowest BCUT2D eigenvalue weighted by atomic mass is 9.95. The van der Waals surface area contributed by atoms with Crippen molar-refractivity contribution < 1.29 is 0 Å². The molecule has 2 fully saturated rings. The molecule has 2 aliphatic rings. The van der Waals surface area contributed by atoms with Gasteiger partial charge in [0.25, 0.3) is 0 Å². The molecule has 3 aromatic rings. The van der Waals surface area contributed by atoms with E-state index in [1.54, 1.807) is 0 Å². The number of hydrogen-bond acceptors (Lipinski definition) is 2. The summed E-state index contributed by atoms with van der Waals surface area (Å²) in [5, 5.41) is 5.55. The Balaban J connectivity index is 1.66. The molecule has 0 bridgehead atoms. The van der Waals surface area contributed by atoms with Crippen LogP contribution in [0.25, 0.3) is 5.69 Å². The van der Waals surface area contributed by atoms with Crippen molar-refractivity contribution in [2.45, 2.75) is 57.7 Å². The number of pyridine rings is 1. The molecule has 1 aliphatic heterocycles. The van der Waals surface area contributed by atoms with Crippen molar-refractivity contribution >= 4 is 40.5 Å². The summed E-state index contributed by atoms with van der Waals surface area (Å²) in [7, 11) is 0. The SMILES string of the molecule is Cc1cc([C@H]2[C@@H](c3ccccn3)NC(=S)N2C2CCCC2)c(C)n1-c1cccc(Cl)c1Cl. The van der Waals surface area contributed by atoms with E-state index in [1.807, 2.05) is 36.5 Å². The largest absolute Gasteiger partial charge is 0.352 e. The molecule has 2 aromatic heterocycles. The Bertz CT molecular complexity index is 1150. The van der Waals surface area contributed by atoms with Gasteiger partial charge in [0, 0.05) is 23.6 Å². The van der Waals surface area contributed by atoms with E-state index in [9.17, 15) is 0 Å². The third-order valence-electron chi connectivity index (χ3n) is 6.81. The molecule has 166 valence electrons. The van der Waals surface area contributed by atoms with E-state index in [0.29, 0.717) is 16.1 Å². The third-order valence-corrected chi connectivity index (χ3v) is 7.95. The Kier molecular flexibility index (Phi) is 5.91. The highest BCUT2D eigenvalue weighted by molar-refractivity contribution is 7.80. The second kappa shape index (κ2) is 8.69. The van der Waals surface area contributed by atoms with Crippen LogP contribution < -0.4 is 5.32 Å². The van der Waals surface area contributed by atoms with Gasteiger partial charge in [-0.3, -0.25) is 4.98 Å². The van der Waals surface area contributed by atoms with Gasteiger partial charge in [0.15, 0.2) is 5.11 Å². The molecule has 5 rings (SSSR count). The van der Waals surface area contributed by atoms with Gasteiger partial charge in [0.2, 0.25) is 0 Å². The first-order chi connectivity index (χ1) is 15.5. The minimum atomic E-state index is -0.00640. The number of hydrogen-bond donors (Lipinski definition) is 1. The van der Waals surface area contributed by atoms with E-state index in [1.165, 1.54) is 31.2 Å². The van der Waals surface area contributed by atoms with E-state index in [0.717, 1.165) is 27.9 Å². The van der Waals surface area contributed by atoms with Crippen LogP contribution in [0.5, 0.6) is 0 Å². The average Bonchev–Trinajstić information content (AvgIpc) is 3.49. The molecule has 1 saturated heterocycles. The number of aryl methyl sites for hydroxylation is 1. The van der Waals surface area contributed by atoms with Gasteiger partial charge >= 0.3 is 0 Å². The van der Waals surface area contributed by atoms with E-state index in [4.69, 9.17) is 35.4 Å². The van der Waals surface area contributed by atoms with Crippen LogP contribution in [0.2, 0.25) is 10.0 Å². The van der Waals surface area contributed by atoms with Gasteiger partial charge in [-0.05, 0) is 74.8 Å². The minimum Gasteiger partial charge on any atom is -0.352 e. The zero-order valence-corrected chi connectivity index (χ0v) is 20.5. The Hall–Kier alpha value is -2.08. The normalized spacial score (nSPS) is 21.4. The number of nitrogens with one attached hydrogen (secondary N) is 1. The van der Waals surface area contributed by atoms with Crippen LogP contribution in [0.3, 0.4) is 0 Å². The maximum atomic E-state index is 6.61. The van der Waals surface area contributed by atoms with Crippen LogP contribution >= 0.6 is 35.4 Å². The molecule has 1 aliphatic carbocycles. The second-order valence-electron chi connectivity index (χ2n) is 8.71. The number of benzene rings is 1. The first-order valence-corrected chi connectivity index (χ1v) is 12.3. The highest BCUT2D eigenvalue weighted by Gasteiger charge is 2.44. The Morgan fingerprint density at radius 3 is 2.56 bits per heavy atom. The highest BCUT2D eigenvalue weighted by atomic mass is 35.5. The zero-order chi connectivity index (χ0) is 22.4. The summed E-state index contributed by atoms with van der Waals surface area (Å²) >= 11 is 18.8. The molecule has 1 aromatic carbocycles. The Morgan fingerprint density at radius 2 is 1.84 bits per heavy atom. The predicted molar refractivity (Wildman–Crippen MR) is 135 cm³/mol. The molecule has 4 nitrogen and oxygen atoms in total. The lowest BCUT2D eigenvalue weighted by Crippen LogP contribution is -2.37. The smallest absolute Gasteiger partial charge is 0.170 e. The van der Waals surface area contributed by atoms with Crippen molar-refractivity contribution in [1.82, 2.24) is 19.8 Å². The van der Waals surface area contributed by atoms with Crippen molar-refractivity contribution in [2.24, 2.45) is 0 Å². The van der Waals surface area contributed by atoms with Gasteiger partial charge < -0.3 is 14.8 Å². The first-order valence-electron chi connectivity index (χ1n) is 11.1. The van der Waals surface area contributed by atoms with Crippen LogP contribution in [-0.2, 0) is 0 Å². The van der Waals surface area contributed by atoms with Crippen molar-refractivity contribution in [2.75, 3.05) is 0 Å². The van der Waals surface area contributed by atoms with E-state index < -0.39 is 0 Å². The lowest BCUT2D eigenvalue weighted by Gasteiger charge is -2.33. The van der Waals surface area contributed by atoms with Gasteiger partial charge in [-0.25, -0.2) is 0 Å². The zero-order valence-electron chi connectivity index (χ0n) is 18.2. The molecule has 0 radical (unpaired) electrons. The maximum Gasteiger partial charge on any atom is 0.170 e. The molecule has 3 heterocycles. The predicted octanol–water partition coefficient (Wildman–Crippen LogP) is 6.71. The van der Waals surface area contributed by atoms with Gasteiger partial charge in [0.1, 0.15) is 0 Å². The molecular weight excluding hydrogens is 459 g/mol. The fraction of sp³-hybridized carbons (Fsp3) is 0.360. The van der Waals surface area contributed by atoms with E-state index in [2.05, 4.69) is 45.7 Å². The fourth-order valence-corrected chi connectivity index (χ4v) is 6.17. The van der Waals surface area contributed by atoms with Crippen LogP contribution in [-0.4, -0.2) is 25.6 Å². The third kappa shape index (κ3) is 3.60. The number of nitrogens with zero attached hydrogens (tertiary/aromatic N) is 3. The van der Waals surface area contributed by atoms with Crippen molar-refractivity contribution in [3.8, 4) is 5.69 Å². The van der Waals surface area contributed by atoms with E-state index >= 15 is 0 Å². The van der Waals surface area contributed by atoms with Crippen LogP contribution in [0, 0.1) is 13.8 Å². The van der Waals surface area contributed by atoms with Gasteiger partial charge in [0.05, 0.1) is 33.5 Å². The molecule has 0 unspecified atom stereocenters. The molecule has 0 spiro atoms.